The van der Waals surface area contributed by atoms with Crippen molar-refractivity contribution in [3.05, 3.63) is 36.4 Å². The molecule has 0 radical (unpaired) electrons. The standard InChI is InChI=1S/C16H20N2O2/c1-3-11-18(12-16(19)20-4-2)15-10-9-13-7-5-6-8-14(13)17-15/h5-10H,3-4,11-12H2,1-2H3. The van der Waals surface area contributed by atoms with Crippen LogP contribution in [0.3, 0.4) is 0 Å². The Hall–Kier alpha value is -2.10. The lowest BCUT2D eigenvalue weighted by molar-refractivity contribution is -0.141. The van der Waals surface area contributed by atoms with Crippen molar-refractivity contribution in [1.82, 2.24) is 4.98 Å². The number of carbonyl (C=O) groups is 1. The maximum atomic E-state index is 11.7. The molecule has 0 bridgehead atoms. The summed E-state index contributed by atoms with van der Waals surface area (Å²) in [7, 11) is 0. The highest BCUT2D eigenvalue weighted by Gasteiger charge is 2.13. The van der Waals surface area contributed by atoms with Gasteiger partial charge in [0.15, 0.2) is 0 Å². The molecule has 0 aliphatic rings. The van der Waals surface area contributed by atoms with Crippen LogP contribution in [0.25, 0.3) is 10.9 Å². The van der Waals surface area contributed by atoms with Gasteiger partial charge in [-0.15, -0.1) is 0 Å². The van der Waals surface area contributed by atoms with Gasteiger partial charge in [-0.2, -0.15) is 0 Å². The Morgan fingerprint density at radius 2 is 2.00 bits per heavy atom. The third kappa shape index (κ3) is 3.47. The van der Waals surface area contributed by atoms with E-state index in [1.807, 2.05) is 48.2 Å². The molecule has 0 saturated carbocycles. The van der Waals surface area contributed by atoms with Crippen LogP contribution < -0.4 is 4.90 Å². The Bertz CT molecular complexity index is 583. The summed E-state index contributed by atoms with van der Waals surface area (Å²) in [5.41, 5.74) is 0.940. The zero-order valence-corrected chi connectivity index (χ0v) is 12.0. The lowest BCUT2D eigenvalue weighted by Crippen LogP contribution is -2.32. The van der Waals surface area contributed by atoms with E-state index in [4.69, 9.17) is 4.74 Å². The fourth-order valence-electron chi connectivity index (χ4n) is 2.14. The van der Waals surface area contributed by atoms with Gasteiger partial charge in [-0.25, -0.2) is 4.98 Å². The van der Waals surface area contributed by atoms with E-state index < -0.39 is 0 Å². The number of para-hydroxylation sites is 1. The molecule has 0 N–H and O–H groups in total. The number of nitrogens with zero attached hydrogens (tertiary/aromatic N) is 2. The third-order valence-electron chi connectivity index (χ3n) is 3.03. The van der Waals surface area contributed by atoms with Gasteiger partial charge in [-0.1, -0.05) is 25.1 Å². The van der Waals surface area contributed by atoms with Gasteiger partial charge in [0.25, 0.3) is 0 Å². The van der Waals surface area contributed by atoms with Crippen LogP contribution in [0.5, 0.6) is 0 Å². The molecule has 0 saturated heterocycles. The van der Waals surface area contributed by atoms with E-state index in [1.165, 1.54) is 0 Å². The van der Waals surface area contributed by atoms with Gasteiger partial charge in [0, 0.05) is 11.9 Å². The monoisotopic (exact) mass is 272 g/mol. The number of carbonyl (C=O) groups excluding carboxylic acids is 1. The topological polar surface area (TPSA) is 42.4 Å². The van der Waals surface area contributed by atoms with Gasteiger partial charge in [-0.3, -0.25) is 4.79 Å². The predicted molar refractivity (Wildman–Crippen MR) is 80.9 cm³/mol. The fourth-order valence-corrected chi connectivity index (χ4v) is 2.14. The van der Waals surface area contributed by atoms with Gasteiger partial charge in [0.05, 0.1) is 12.1 Å². The Kier molecular flexibility index (Phi) is 4.93. The number of hydrogen-bond acceptors (Lipinski definition) is 4. The van der Waals surface area contributed by atoms with Gasteiger partial charge in [0.1, 0.15) is 12.4 Å². The first-order valence-electron chi connectivity index (χ1n) is 7.01. The molecule has 0 aliphatic heterocycles. The minimum Gasteiger partial charge on any atom is -0.465 e. The van der Waals surface area contributed by atoms with Crippen LogP contribution in [0.2, 0.25) is 0 Å². The highest BCUT2D eigenvalue weighted by Crippen LogP contribution is 2.18. The summed E-state index contributed by atoms with van der Waals surface area (Å²) in [4.78, 5) is 18.3. The smallest absolute Gasteiger partial charge is 0.325 e. The minimum absolute atomic E-state index is 0.212. The third-order valence-corrected chi connectivity index (χ3v) is 3.03. The van der Waals surface area contributed by atoms with Crippen molar-refractivity contribution in [2.24, 2.45) is 0 Å². The molecule has 0 atom stereocenters. The number of aromatic nitrogens is 1. The van der Waals surface area contributed by atoms with Gasteiger partial charge >= 0.3 is 5.97 Å². The summed E-state index contributed by atoms with van der Waals surface area (Å²) in [5, 5.41) is 1.10. The predicted octanol–water partition coefficient (Wildman–Crippen LogP) is 3.01. The highest BCUT2D eigenvalue weighted by atomic mass is 16.5. The first-order valence-corrected chi connectivity index (χ1v) is 7.01. The summed E-state index contributed by atoms with van der Waals surface area (Å²) in [6.07, 6.45) is 0.952. The maximum Gasteiger partial charge on any atom is 0.325 e. The Labute approximate surface area is 119 Å². The number of benzene rings is 1. The van der Waals surface area contributed by atoms with Gasteiger partial charge in [-0.05, 0) is 31.5 Å². The Balaban J connectivity index is 2.23. The molecule has 1 heterocycles. The van der Waals surface area contributed by atoms with Crippen molar-refractivity contribution in [3.63, 3.8) is 0 Å². The Morgan fingerprint density at radius 3 is 2.75 bits per heavy atom. The Morgan fingerprint density at radius 1 is 1.20 bits per heavy atom. The molecule has 4 heteroatoms. The van der Waals surface area contributed by atoms with Crippen molar-refractivity contribution in [2.75, 3.05) is 24.6 Å². The minimum atomic E-state index is -0.212. The molecule has 0 fully saturated rings. The zero-order chi connectivity index (χ0) is 14.4. The number of rotatable bonds is 6. The average Bonchev–Trinajstić information content (AvgIpc) is 2.46. The molecular weight excluding hydrogens is 252 g/mol. The molecular formula is C16H20N2O2. The fraction of sp³-hybridized carbons (Fsp3) is 0.375. The van der Waals surface area contributed by atoms with Crippen LogP contribution in [0.1, 0.15) is 20.3 Å². The van der Waals surface area contributed by atoms with Crippen molar-refractivity contribution >= 4 is 22.7 Å². The molecule has 0 aliphatic carbocycles. The molecule has 20 heavy (non-hydrogen) atoms. The quantitative estimate of drug-likeness (QED) is 0.758. The lowest BCUT2D eigenvalue weighted by atomic mass is 10.2. The van der Waals surface area contributed by atoms with Crippen LogP contribution in [0.15, 0.2) is 36.4 Å². The van der Waals surface area contributed by atoms with Crippen LogP contribution in [0, 0.1) is 0 Å². The van der Waals surface area contributed by atoms with Crippen molar-refractivity contribution in [3.8, 4) is 0 Å². The number of hydrogen-bond donors (Lipinski definition) is 0. The second-order valence-corrected chi connectivity index (χ2v) is 4.59. The number of pyridine rings is 1. The molecule has 1 aromatic carbocycles. The summed E-state index contributed by atoms with van der Waals surface area (Å²) in [6, 6.07) is 12.0. The summed E-state index contributed by atoms with van der Waals surface area (Å²) >= 11 is 0. The summed E-state index contributed by atoms with van der Waals surface area (Å²) in [6.45, 7) is 5.33. The van der Waals surface area contributed by atoms with Crippen LogP contribution in [-0.4, -0.2) is 30.6 Å². The van der Waals surface area contributed by atoms with E-state index in [0.717, 1.165) is 29.7 Å². The van der Waals surface area contributed by atoms with E-state index in [9.17, 15) is 4.79 Å². The van der Waals surface area contributed by atoms with E-state index in [2.05, 4.69) is 11.9 Å². The largest absolute Gasteiger partial charge is 0.465 e. The molecule has 0 spiro atoms. The number of anilines is 1. The number of fused-ring (bicyclic) bond motifs is 1. The van der Waals surface area contributed by atoms with Gasteiger partial charge < -0.3 is 9.64 Å². The summed E-state index contributed by atoms with van der Waals surface area (Å²) in [5.74, 6) is 0.606. The molecule has 0 amide bonds. The average molecular weight is 272 g/mol. The normalized spacial score (nSPS) is 10.5. The van der Waals surface area contributed by atoms with E-state index >= 15 is 0 Å². The van der Waals surface area contributed by atoms with Crippen LogP contribution in [-0.2, 0) is 9.53 Å². The molecule has 0 unspecified atom stereocenters. The first-order chi connectivity index (χ1) is 9.74. The van der Waals surface area contributed by atoms with E-state index in [-0.39, 0.29) is 12.5 Å². The van der Waals surface area contributed by atoms with Crippen molar-refractivity contribution in [2.45, 2.75) is 20.3 Å². The van der Waals surface area contributed by atoms with Crippen molar-refractivity contribution in [1.29, 1.82) is 0 Å². The number of ether oxygens (including phenoxy) is 1. The van der Waals surface area contributed by atoms with Crippen LogP contribution >= 0.6 is 0 Å². The highest BCUT2D eigenvalue weighted by molar-refractivity contribution is 5.81. The van der Waals surface area contributed by atoms with Gasteiger partial charge in [0.2, 0.25) is 0 Å². The van der Waals surface area contributed by atoms with Crippen molar-refractivity contribution < 1.29 is 9.53 Å². The lowest BCUT2D eigenvalue weighted by Gasteiger charge is -2.22. The zero-order valence-electron chi connectivity index (χ0n) is 12.0. The van der Waals surface area contributed by atoms with E-state index in [0.29, 0.717) is 6.61 Å². The van der Waals surface area contributed by atoms with E-state index in [1.54, 1.807) is 0 Å². The molecule has 1 aromatic heterocycles. The molecule has 2 rings (SSSR count). The number of esters is 1. The molecule has 4 nitrogen and oxygen atoms in total. The SMILES string of the molecule is CCCN(CC(=O)OCC)c1ccc2ccccc2n1. The maximum absolute atomic E-state index is 11.7. The molecule has 106 valence electrons. The first kappa shape index (κ1) is 14.3. The van der Waals surface area contributed by atoms with Crippen LogP contribution in [0.4, 0.5) is 5.82 Å². The molecule has 2 aromatic rings. The second kappa shape index (κ2) is 6.89. The summed E-state index contributed by atoms with van der Waals surface area (Å²) < 4.78 is 5.02. The second-order valence-electron chi connectivity index (χ2n) is 4.59.